The van der Waals surface area contributed by atoms with Gasteiger partial charge in [-0.05, 0) is 42.8 Å². The van der Waals surface area contributed by atoms with Gasteiger partial charge in [0.1, 0.15) is 0 Å². The van der Waals surface area contributed by atoms with Crippen molar-refractivity contribution in [3.8, 4) is 0 Å². The number of anilines is 1. The number of carbonyl (C=O) groups is 2. The fourth-order valence-corrected chi connectivity index (χ4v) is 3.64. The van der Waals surface area contributed by atoms with Crippen LogP contribution >= 0.6 is 46.6 Å². The Balaban J connectivity index is 1.91. The molecule has 0 unspecified atom stereocenters. The van der Waals surface area contributed by atoms with E-state index in [1.165, 1.54) is 17.8 Å². The molecule has 0 heterocycles. The third-order valence-corrected chi connectivity index (χ3v) is 5.15. The maximum absolute atomic E-state index is 12.1. The van der Waals surface area contributed by atoms with Gasteiger partial charge in [0.05, 0.1) is 22.9 Å². The molecule has 4 nitrogen and oxygen atoms in total. The van der Waals surface area contributed by atoms with Gasteiger partial charge >= 0.3 is 5.97 Å². The highest BCUT2D eigenvalue weighted by atomic mass is 35.5. The molecule has 0 aliphatic rings. The number of rotatable bonds is 7. The summed E-state index contributed by atoms with van der Waals surface area (Å²) in [6.45, 7) is 1.96. The zero-order chi connectivity index (χ0) is 19.1. The Labute approximate surface area is 171 Å². The summed E-state index contributed by atoms with van der Waals surface area (Å²) in [6, 6.07) is 9.94. The molecule has 0 fully saturated rings. The molecule has 2 aromatic rings. The average molecular weight is 433 g/mol. The molecule has 0 aromatic heterocycles. The van der Waals surface area contributed by atoms with Crippen molar-refractivity contribution < 1.29 is 14.3 Å². The summed E-state index contributed by atoms with van der Waals surface area (Å²) in [7, 11) is 0. The zero-order valence-corrected chi connectivity index (χ0v) is 16.9. The van der Waals surface area contributed by atoms with E-state index in [-0.39, 0.29) is 28.9 Å². The Morgan fingerprint density at radius 2 is 1.85 bits per heavy atom. The number of ether oxygens (including phenoxy) is 1. The first-order chi connectivity index (χ1) is 12.4. The lowest BCUT2D eigenvalue weighted by Crippen LogP contribution is -2.15. The maximum Gasteiger partial charge on any atom is 0.339 e. The number of esters is 1. The monoisotopic (exact) mass is 431 g/mol. The van der Waals surface area contributed by atoms with E-state index < -0.39 is 5.97 Å². The predicted octanol–water partition coefficient (Wildman–Crippen LogP) is 5.70. The van der Waals surface area contributed by atoms with Crippen LogP contribution in [0.15, 0.2) is 36.4 Å². The molecule has 2 aromatic carbocycles. The van der Waals surface area contributed by atoms with Crippen LogP contribution in [-0.2, 0) is 15.3 Å². The lowest BCUT2D eigenvalue weighted by atomic mass is 10.2. The summed E-state index contributed by atoms with van der Waals surface area (Å²) >= 11 is 19.4. The zero-order valence-electron chi connectivity index (χ0n) is 13.9. The molecule has 1 N–H and O–H groups in total. The standard InChI is InChI=1S/C18H16Cl3NO3S/c1-2-25-18(24)14-8-13(5-6-15(14)20)22-17(23)10-26-9-11-3-4-12(19)7-16(11)21/h3-8H,2,9-10H2,1H3,(H,22,23). The summed E-state index contributed by atoms with van der Waals surface area (Å²) in [4.78, 5) is 23.9. The minimum absolute atomic E-state index is 0.197. The highest BCUT2D eigenvalue weighted by Crippen LogP contribution is 2.25. The van der Waals surface area contributed by atoms with Crippen molar-refractivity contribution in [2.24, 2.45) is 0 Å². The second-order valence-corrected chi connectivity index (χ2v) is 7.43. The van der Waals surface area contributed by atoms with Crippen LogP contribution in [0.1, 0.15) is 22.8 Å². The Hall–Kier alpha value is -1.40. The summed E-state index contributed by atoms with van der Waals surface area (Å²) in [5.41, 5.74) is 1.60. The number of carbonyl (C=O) groups excluding carboxylic acids is 2. The molecule has 8 heteroatoms. The average Bonchev–Trinajstić information content (AvgIpc) is 2.58. The van der Waals surface area contributed by atoms with Crippen molar-refractivity contribution in [1.82, 2.24) is 0 Å². The van der Waals surface area contributed by atoms with Gasteiger partial charge < -0.3 is 10.1 Å². The SMILES string of the molecule is CCOC(=O)c1cc(NC(=O)CSCc2ccc(Cl)cc2Cl)ccc1Cl. The molecule has 0 radical (unpaired) electrons. The second kappa shape index (κ2) is 10.1. The lowest BCUT2D eigenvalue weighted by Gasteiger charge is -2.09. The number of hydrogen-bond donors (Lipinski definition) is 1. The van der Waals surface area contributed by atoms with Gasteiger partial charge in [-0.25, -0.2) is 4.79 Å². The Kier molecular flexibility index (Phi) is 8.10. The van der Waals surface area contributed by atoms with Crippen molar-refractivity contribution in [2.45, 2.75) is 12.7 Å². The summed E-state index contributed by atoms with van der Waals surface area (Å²) in [5, 5.41) is 4.15. The fraction of sp³-hybridized carbons (Fsp3) is 0.222. The molecular formula is C18H16Cl3NO3S. The molecule has 26 heavy (non-hydrogen) atoms. The minimum atomic E-state index is -0.527. The fourth-order valence-electron chi connectivity index (χ4n) is 2.06. The Morgan fingerprint density at radius 1 is 1.08 bits per heavy atom. The van der Waals surface area contributed by atoms with Gasteiger partial charge in [-0.1, -0.05) is 40.9 Å². The second-order valence-electron chi connectivity index (χ2n) is 5.19. The molecule has 1 amide bonds. The molecular weight excluding hydrogens is 417 g/mol. The van der Waals surface area contributed by atoms with Crippen molar-refractivity contribution in [3.63, 3.8) is 0 Å². The number of halogens is 3. The molecule has 0 atom stereocenters. The van der Waals surface area contributed by atoms with Crippen LogP contribution in [0.25, 0.3) is 0 Å². The van der Waals surface area contributed by atoms with E-state index in [1.54, 1.807) is 31.2 Å². The first-order valence-corrected chi connectivity index (χ1v) is 9.97. The van der Waals surface area contributed by atoms with Gasteiger partial charge in [-0.2, -0.15) is 0 Å². The van der Waals surface area contributed by atoms with E-state index in [9.17, 15) is 9.59 Å². The number of benzene rings is 2. The van der Waals surface area contributed by atoms with Crippen molar-refractivity contribution in [3.05, 3.63) is 62.6 Å². The van der Waals surface area contributed by atoms with Gasteiger partial charge in [-0.3, -0.25) is 4.79 Å². The molecule has 0 aliphatic carbocycles. The summed E-state index contributed by atoms with van der Waals surface area (Å²) < 4.78 is 4.94. The van der Waals surface area contributed by atoms with Gasteiger partial charge in [0.25, 0.3) is 0 Å². The Bertz CT molecular complexity index is 814. The lowest BCUT2D eigenvalue weighted by molar-refractivity contribution is -0.113. The van der Waals surface area contributed by atoms with Crippen LogP contribution in [0.3, 0.4) is 0 Å². The predicted molar refractivity (Wildman–Crippen MR) is 109 cm³/mol. The highest BCUT2D eigenvalue weighted by Gasteiger charge is 2.13. The minimum Gasteiger partial charge on any atom is -0.462 e. The number of thioether (sulfide) groups is 1. The van der Waals surface area contributed by atoms with Crippen LogP contribution < -0.4 is 5.32 Å². The van der Waals surface area contributed by atoms with E-state index in [0.717, 1.165) is 5.56 Å². The van der Waals surface area contributed by atoms with Crippen LogP contribution in [0, 0.1) is 0 Å². The quantitative estimate of drug-likeness (QED) is 0.571. The molecule has 0 aliphatic heterocycles. The normalized spacial score (nSPS) is 10.5. The van der Waals surface area contributed by atoms with Crippen LogP contribution in [0.2, 0.25) is 15.1 Å². The third-order valence-electron chi connectivity index (χ3n) is 3.25. The van der Waals surface area contributed by atoms with Crippen molar-refractivity contribution >= 4 is 64.1 Å². The molecule has 0 saturated carbocycles. The largest absolute Gasteiger partial charge is 0.462 e. The van der Waals surface area contributed by atoms with Crippen molar-refractivity contribution in [1.29, 1.82) is 0 Å². The molecule has 0 saturated heterocycles. The van der Waals surface area contributed by atoms with Crippen molar-refractivity contribution in [2.75, 3.05) is 17.7 Å². The van der Waals surface area contributed by atoms with Crippen LogP contribution in [0.4, 0.5) is 5.69 Å². The van der Waals surface area contributed by atoms with Gasteiger partial charge in [-0.15, -0.1) is 11.8 Å². The maximum atomic E-state index is 12.1. The smallest absolute Gasteiger partial charge is 0.339 e. The molecule has 138 valence electrons. The first-order valence-electron chi connectivity index (χ1n) is 7.69. The third kappa shape index (κ3) is 6.09. The number of nitrogens with one attached hydrogen (secondary N) is 1. The van der Waals surface area contributed by atoms with Gasteiger partial charge in [0, 0.05) is 21.5 Å². The number of hydrogen-bond acceptors (Lipinski definition) is 4. The highest BCUT2D eigenvalue weighted by molar-refractivity contribution is 7.99. The Morgan fingerprint density at radius 3 is 2.54 bits per heavy atom. The van der Waals surface area contributed by atoms with Gasteiger partial charge in [0.15, 0.2) is 0 Å². The van der Waals surface area contributed by atoms with Gasteiger partial charge in [0.2, 0.25) is 5.91 Å². The van der Waals surface area contributed by atoms with E-state index in [4.69, 9.17) is 39.5 Å². The van der Waals surface area contributed by atoms with Crippen LogP contribution in [-0.4, -0.2) is 24.2 Å². The van der Waals surface area contributed by atoms with E-state index in [1.807, 2.05) is 6.07 Å². The molecule has 0 bridgehead atoms. The molecule has 2 rings (SSSR count). The first kappa shape index (κ1) is 20.9. The summed E-state index contributed by atoms with van der Waals surface area (Å²) in [6.07, 6.45) is 0. The van der Waals surface area contributed by atoms with E-state index in [0.29, 0.717) is 21.5 Å². The van der Waals surface area contributed by atoms with E-state index >= 15 is 0 Å². The summed E-state index contributed by atoms with van der Waals surface area (Å²) in [5.74, 6) is 0.0895. The topological polar surface area (TPSA) is 55.4 Å². The van der Waals surface area contributed by atoms with E-state index in [2.05, 4.69) is 5.32 Å². The number of amides is 1. The molecule has 0 spiro atoms. The van der Waals surface area contributed by atoms with Crippen LogP contribution in [0.5, 0.6) is 0 Å².